The van der Waals surface area contributed by atoms with E-state index < -0.39 is 0 Å². The first-order valence-corrected chi connectivity index (χ1v) is 3.50. The fourth-order valence-electron chi connectivity index (χ4n) is 1.02. The van der Waals surface area contributed by atoms with Crippen LogP contribution in [0.1, 0.15) is 13.8 Å². The Morgan fingerprint density at radius 2 is 2.18 bits per heavy atom. The topological polar surface area (TPSA) is 62.4 Å². The summed E-state index contributed by atoms with van der Waals surface area (Å²) in [6, 6.07) is -0.0273. The van der Waals surface area contributed by atoms with Gasteiger partial charge in [0.25, 0.3) is 0 Å². The van der Waals surface area contributed by atoms with Crippen molar-refractivity contribution in [2.75, 3.05) is 0 Å². The minimum absolute atomic E-state index is 0.0273. The monoisotopic (exact) mass is 149 g/mol. The average molecular weight is 149 g/mol. The van der Waals surface area contributed by atoms with Gasteiger partial charge in [-0.1, -0.05) is 6.08 Å². The summed E-state index contributed by atoms with van der Waals surface area (Å²) in [6.45, 7) is 3.84. The lowest BCUT2D eigenvalue weighted by Crippen LogP contribution is -2.24. The lowest BCUT2D eigenvalue weighted by atomic mass is 9.95. The van der Waals surface area contributed by atoms with E-state index in [2.05, 4.69) is 4.79 Å². The predicted octanol–water partition coefficient (Wildman–Crippen LogP) is 0.891. The summed E-state index contributed by atoms with van der Waals surface area (Å²) >= 11 is 0. The van der Waals surface area contributed by atoms with E-state index in [9.17, 15) is 0 Å². The van der Waals surface area contributed by atoms with Crippen molar-refractivity contribution >= 4 is 5.71 Å². The van der Waals surface area contributed by atoms with Gasteiger partial charge in [-0.05, 0) is 19.4 Å². The Morgan fingerprint density at radius 1 is 1.55 bits per heavy atom. The van der Waals surface area contributed by atoms with Crippen molar-refractivity contribution in [2.24, 2.45) is 5.73 Å². The molecule has 1 unspecified atom stereocenters. The summed E-state index contributed by atoms with van der Waals surface area (Å²) in [5, 5.41) is 0. The van der Waals surface area contributed by atoms with E-state index in [0.29, 0.717) is 5.71 Å². The third-order valence-corrected chi connectivity index (χ3v) is 2.04. The van der Waals surface area contributed by atoms with Gasteiger partial charge in [-0.2, -0.15) is 4.79 Å². The van der Waals surface area contributed by atoms with Crippen LogP contribution in [-0.4, -0.2) is 16.5 Å². The average Bonchev–Trinajstić information content (AvgIpc) is 2.01. The van der Waals surface area contributed by atoms with Gasteiger partial charge in [0.15, 0.2) is 0 Å². The summed E-state index contributed by atoms with van der Waals surface area (Å²) in [4.78, 5) is 3.13. The Kier molecular flexibility index (Phi) is 2.03. The zero-order chi connectivity index (χ0) is 8.43. The molecule has 1 aliphatic rings. The molecule has 0 aromatic carbocycles. The zero-order valence-corrected chi connectivity index (χ0v) is 6.70. The van der Waals surface area contributed by atoms with Crippen LogP contribution < -0.4 is 5.73 Å². The molecule has 0 amide bonds. The quantitative estimate of drug-likeness (QED) is 0.403. The first kappa shape index (κ1) is 7.92. The highest BCUT2D eigenvalue weighted by molar-refractivity contribution is 6.05. The van der Waals surface area contributed by atoms with Crippen LogP contribution in [0.3, 0.4) is 0 Å². The molecular formula is C8H11N3. The fourth-order valence-corrected chi connectivity index (χ4v) is 1.02. The molecular weight excluding hydrogens is 138 g/mol. The Labute approximate surface area is 65.8 Å². The number of hydrogen-bond donors (Lipinski definition) is 1. The number of allylic oxidation sites excluding steroid dienone is 2. The van der Waals surface area contributed by atoms with E-state index in [4.69, 9.17) is 11.3 Å². The zero-order valence-electron chi connectivity index (χ0n) is 6.70. The third kappa shape index (κ3) is 1.29. The Hall–Kier alpha value is -1.18. The van der Waals surface area contributed by atoms with Crippen molar-refractivity contribution in [3.63, 3.8) is 0 Å². The molecule has 0 fully saturated rings. The molecule has 3 heteroatoms. The molecule has 3 nitrogen and oxygen atoms in total. The van der Waals surface area contributed by atoms with Crippen molar-refractivity contribution in [2.45, 2.75) is 19.9 Å². The molecule has 1 aliphatic carbocycles. The van der Waals surface area contributed by atoms with E-state index >= 15 is 0 Å². The number of hydrogen-bond acceptors (Lipinski definition) is 1. The van der Waals surface area contributed by atoms with E-state index in [1.54, 1.807) is 6.08 Å². The summed E-state index contributed by atoms with van der Waals surface area (Å²) in [7, 11) is 0. The minimum atomic E-state index is -0.0273. The molecule has 1 atom stereocenters. The van der Waals surface area contributed by atoms with Crippen LogP contribution >= 0.6 is 0 Å². The van der Waals surface area contributed by atoms with Crippen LogP contribution in [0.5, 0.6) is 0 Å². The summed E-state index contributed by atoms with van der Waals surface area (Å²) in [5.74, 6) is 0. The van der Waals surface area contributed by atoms with Crippen molar-refractivity contribution in [3.05, 3.63) is 28.8 Å². The van der Waals surface area contributed by atoms with Crippen LogP contribution in [0.2, 0.25) is 0 Å². The van der Waals surface area contributed by atoms with Crippen LogP contribution in [0.25, 0.3) is 5.53 Å². The molecule has 0 radical (unpaired) electrons. The molecule has 58 valence electrons. The molecule has 11 heavy (non-hydrogen) atoms. The Bertz CT molecular complexity index is 280. The number of nitrogens with zero attached hydrogens (tertiary/aromatic N) is 2. The molecule has 0 spiro atoms. The van der Waals surface area contributed by atoms with Crippen LogP contribution in [0, 0.1) is 0 Å². The molecule has 0 bridgehead atoms. The van der Waals surface area contributed by atoms with Gasteiger partial charge in [0.1, 0.15) is 0 Å². The normalized spacial score (nSPS) is 23.9. The fraction of sp³-hybridized carbons (Fsp3) is 0.375. The highest BCUT2D eigenvalue weighted by Gasteiger charge is 2.18. The Balaban J connectivity index is 3.14. The lowest BCUT2D eigenvalue weighted by molar-refractivity contribution is -0.00272. The van der Waals surface area contributed by atoms with Gasteiger partial charge < -0.3 is 11.3 Å². The van der Waals surface area contributed by atoms with Crippen molar-refractivity contribution < 1.29 is 4.79 Å². The summed E-state index contributed by atoms with van der Waals surface area (Å²) < 4.78 is 0. The molecule has 0 heterocycles. The van der Waals surface area contributed by atoms with Gasteiger partial charge in [0.05, 0.1) is 0 Å². The molecule has 0 saturated heterocycles. The predicted molar refractivity (Wildman–Crippen MR) is 44.1 cm³/mol. The maximum atomic E-state index is 8.53. The first-order valence-electron chi connectivity index (χ1n) is 3.50. The van der Waals surface area contributed by atoms with Gasteiger partial charge in [0, 0.05) is 17.7 Å². The highest BCUT2D eigenvalue weighted by atomic mass is 14.9. The molecule has 0 aromatic rings. The molecule has 0 aromatic heterocycles. The van der Waals surface area contributed by atoms with E-state index in [1.807, 2.05) is 19.9 Å². The molecule has 0 aliphatic heterocycles. The maximum absolute atomic E-state index is 8.53. The lowest BCUT2D eigenvalue weighted by Gasteiger charge is -2.12. The van der Waals surface area contributed by atoms with Gasteiger partial charge in [-0.15, -0.1) is 0 Å². The smallest absolute Gasteiger partial charge is 0.317 e. The van der Waals surface area contributed by atoms with Gasteiger partial charge in [0.2, 0.25) is 0 Å². The number of rotatable bonds is 0. The first-order chi connectivity index (χ1) is 5.16. The second-order valence-electron chi connectivity index (χ2n) is 2.68. The van der Waals surface area contributed by atoms with Gasteiger partial charge in [-0.3, -0.25) is 0 Å². The highest BCUT2D eigenvalue weighted by Crippen LogP contribution is 2.14. The van der Waals surface area contributed by atoms with Gasteiger partial charge in [-0.25, -0.2) is 0 Å². The molecule has 2 N–H and O–H groups in total. The summed E-state index contributed by atoms with van der Waals surface area (Å²) in [6.07, 6.45) is 3.55. The van der Waals surface area contributed by atoms with Crippen LogP contribution in [-0.2, 0) is 0 Å². The summed E-state index contributed by atoms with van der Waals surface area (Å²) in [5.41, 5.74) is 16.8. The largest absolute Gasteiger partial charge is 0.361 e. The SMILES string of the molecule is CC1=C(C)C(N)C=CC1=[N+]=[N-]. The minimum Gasteiger partial charge on any atom is -0.361 e. The second-order valence-corrected chi connectivity index (χ2v) is 2.68. The van der Waals surface area contributed by atoms with E-state index in [-0.39, 0.29) is 6.04 Å². The van der Waals surface area contributed by atoms with Crippen molar-refractivity contribution in [1.82, 2.24) is 0 Å². The van der Waals surface area contributed by atoms with Crippen LogP contribution in [0.15, 0.2) is 23.3 Å². The van der Waals surface area contributed by atoms with Crippen molar-refractivity contribution in [1.29, 1.82) is 0 Å². The van der Waals surface area contributed by atoms with E-state index in [1.165, 1.54) is 0 Å². The second kappa shape index (κ2) is 2.82. The number of nitrogens with two attached hydrogens (primary N) is 1. The van der Waals surface area contributed by atoms with Crippen LogP contribution in [0.4, 0.5) is 0 Å². The third-order valence-electron chi connectivity index (χ3n) is 2.04. The van der Waals surface area contributed by atoms with Gasteiger partial charge >= 0.3 is 5.71 Å². The standard InChI is InChI=1S/C8H11N3/c1-5-6(2)8(11-10)4-3-7(5)9/h3-4,7H,9H2,1-2H3. The molecule has 1 rings (SSSR count). The van der Waals surface area contributed by atoms with E-state index in [0.717, 1.165) is 11.1 Å². The molecule has 0 saturated carbocycles. The van der Waals surface area contributed by atoms with Crippen molar-refractivity contribution in [3.8, 4) is 0 Å². The maximum Gasteiger partial charge on any atom is 0.317 e. The Morgan fingerprint density at radius 3 is 2.73 bits per heavy atom.